The van der Waals surface area contributed by atoms with Gasteiger partial charge >= 0.3 is 12.2 Å². The Bertz CT molecular complexity index is 3970. The maximum Gasteiger partial charge on any atom is 0.419 e. The van der Waals surface area contributed by atoms with Gasteiger partial charge in [0.05, 0.1) is 50.3 Å². The lowest BCUT2D eigenvalue weighted by Gasteiger charge is -2.07. The molecule has 4 aliphatic rings. The number of thiophene rings is 4. The van der Waals surface area contributed by atoms with E-state index in [1.165, 1.54) is 54.5 Å². The predicted molar refractivity (Wildman–Crippen MR) is 277 cm³/mol. The van der Waals surface area contributed by atoms with Crippen LogP contribution in [0.4, 0.5) is 19.6 Å². The highest BCUT2D eigenvalue weighted by molar-refractivity contribution is 7.40. The molecule has 0 aliphatic heterocycles. The summed E-state index contributed by atoms with van der Waals surface area (Å²) in [7, 11) is 0. The monoisotopic (exact) mass is 1010 g/mol. The summed E-state index contributed by atoms with van der Waals surface area (Å²) in [5.41, 5.74) is 5.23. The van der Waals surface area contributed by atoms with Crippen molar-refractivity contribution >= 4 is 141 Å². The quantitative estimate of drug-likeness (QED) is 0.144. The van der Waals surface area contributed by atoms with E-state index in [4.69, 9.17) is 19.5 Å². The van der Waals surface area contributed by atoms with Gasteiger partial charge in [-0.15, -0.1) is 45.3 Å². The predicted octanol–water partition coefficient (Wildman–Crippen LogP) is 13.0. The minimum atomic E-state index is -0.682. The Morgan fingerprint density at radius 2 is 0.875 bits per heavy atom. The second kappa shape index (κ2) is 17.5. The summed E-state index contributed by atoms with van der Waals surface area (Å²) < 4.78 is 19.0. The summed E-state index contributed by atoms with van der Waals surface area (Å²) in [6.07, 6.45) is 8.47. The topological polar surface area (TPSA) is 216 Å². The van der Waals surface area contributed by atoms with Crippen molar-refractivity contribution < 1.29 is 28.7 Å². The highest BCUT2D eigenvalue weighted by atomic mass is 32.1. The van der Waals surface area contributed by atoms with Gasteiger partial charge in [0.25, 0.3) is 0 Å². The zero-order valence-corrected chi connectivity index (χ0v) is 40.4. The fourth-order valence-corrected chi connectivity index (χ4v) is 14.7. The molecule has 72 heavy (non-hydrogen) atoms. The molecule has 2 aromatic carbocycles. The highest BCUT2D eigenvalue weighted by Crippen LogP contribution is 2.54. The van der Waals surface area contributed by atoms with Crippen LogP contribution in [0.25, 0.3) is 50.3 Å². The smallest absolute Gasteiger partial charge is 0.419 e. The molecule has 344 valence electrons. The standard InChI is InChI=1S/C54H28N8O6S4/c55-21-29(22-56)39-31-15-7-9-17-33(31)45(63)41(39)59-37-19-35-47(69-37)49-43(61(35)53(65)67-25-27-11-3-1-4-12-27)51-52(71-49)44-50(72-51)48-36(62(44)54(66)68-26-28-13-5-2-6-14-28)20-38(70-48)60-42-40(30(23-57)24-58)32-16-8-10-18-34(32)46(42)64/h1-6,11-20H,7-10,25-26H2/b59-41-,60-42-. The maximum absolute atomic E-state index is 14.6. The Labute approximate surface area is 423 Å². The van der Waals surface area contributed by atoms with E-state index in [1.807, 2.05) is 97.1 Å². The van der Waals surface area contributed by atoms with Crippen LogP contribution in [0.2, 0.25) is 0 Å². The Kier molecular flexibility index (Phi) is 10.8. The number of hydrogen-bond acceptors (Lipinski definition) is 16. The lowest BCUT2D eigenvalue weighted by Crippen LogP contribution is -2.13. The molecule has 2 saturated carbocycles. The summed E-state index contributed by atoms with van der Waals surface area (Å²) in [6, 6.07) is 29.7. The molecule has 12 rings (SSSR count). The van der Waals surface area contributed by atoms with Gasteiger partial charge < -0.3 is 9.47 Å². The molecule has 2 fully saturated rings. The number of hydrogen-bond donors (Lipinski definition) is 0. The average molecular weight is 1010 g/mol. The van der Waals surface area contributed by atoms with E-state index in [-0.39, 0.29) is 46.9 Å². The number of carbonyl (C=O) groups is 4. The fraction of sp³-hybridized carbons (Fsp3) is 0.111. The molecule has 0 bridgehead atoms. The minimum Gasteiger partial charge on any atom is -0.444 e. The summed E-state index contributed by atoms with van der Waals surface area (Å²) in [4.78, 5) is 66.7. The molecule has 14 nitrogen and oxygen atoms in total. The van der Waals surface area contributed by atoms with Gasteiger partial charge in [-0.2, -0.15) is 21.0 Å². The second-order valence-corrected chi connectivity index (χ2v) is 20.8. The van der Waals surface area contributed by atoms with Crippen LogP contribution < -0.4 is 0 Å². The molecule has 8 aromatic rings. The summed E-state index contributed by atoms with van der Waals surface area (Å²) in [5.74, 6) is -0.788. The number of allylic oxidation sites excluding steroid dienone is 12. The zero-order chi connectivity index (χ0) is 49.4. The van der Waals surface area contributed by atoms with E-state index in [9.17, 15) is 40.2 Å². The number of nitriles is 4. The molecule has 4 aliphatic carbocycles. The van der Waals surface area contributed by atoms with E-state index in [2.05, 4.69) is 0 Å². The van der Waals surface area contributed by atoms with Gasteiger partial charge in [0.15, 0.2) is 0 Å². The molecular formula is C54H28N8O6S4. The van der Waals surface area contributed by atoms with Crippen molar-refractivity contribution in [1.29, 1.82) is 21.0 Å². The van der Waals surface area contributed by atoms with E-state index in [0.717, 1.165) is 11.1 Å². The molecule has 0 atom stereocenters. The van der Waals surface area contributed by atoms with Crippen molar-refractivity contribution in [2.75, 3.05) is 0 Å². The van der Waals surface area contributed by atoms with E-state index in [1.54, 1.807) is 24.3 Å². The number of aromatic nitrogens is 2. The number of ketones is 2. The highest BCUT2D eigenvalue weighted by Gasteiger charge is 2.40. The van der Waals surface area contributed by atoms with Crippen molar-refractivity contribution in [1.82, 2.24) is 9.13 Å². The third-order valence-corrected chi connectivity index (χ3v) is 17.5. The van der Waals surface area contributed by atoms with Crippen molar-refractivity contribution in [2.24, 2.45) is 9.98 Å². The third kappa shape index (κ3) is 6.89. The number of ether oxygens (including phenoxy) is 2. The summed E-state index contributed by atoms with van der Waals surface area (Å²) in [5, 5.41) is 40.6. The number of aliphatic imine (C=N–C) groups is 2. The fourth-order valence-electron chi connectivity index (χ4n) is 9.52. The molecule has 0 unspecified atom stereocenters. The third-order valence-electron chi connectivity index (χ3n) is 12.6. The molecule has 0 saturated heterocycles. The van der Waals surface area contributed by atoms with Gasteiger partial charge in [0.1, 0.15) is 70.1 Å². The average Bonchev–Trinajstić information content (AvgIpc) is 4.30. The SMILES string of the molecule is N#CC(C#N)=C1C2=CCCC=C2C(=O)/C1=N\c1cc2c(s1)c1sc3c(sc4c5sc(/N=C6\C(=O)C7=CCCC=C7C6=C(C#N)C#N)cc5n(C(=O)OCc5ccccc5)c43)c1n2C(=O)OCc1ccccc1. The molecule has 6 aromatic heterocycles. The van der Waals surface area contributed by atoms with Crippen LogP contribution in [0.3, 0.4) is 0 Å². The van der Waals surface area contributed by atoms with E-state index >= 15 is 0 Å². The first-order valence-electron chi connectivity index (χ1n) is 22.3. The Morgan fingerprint density at radius 3 is 1.25 bits per heavy atom. The van der Waals surface area contributed by atoms with Crippen LogP contribution >= 0.6 is 45.3 Å². The van der Waals surface area contributed by atoms with Gasteiger partial charge in [-0.05, 0) is 60.1 Å². The van der Waals surface area contributed by atoms with Crippen LogP contribution in [0.5, 0.6) is 0 Å². The number of rotatable bonds is 6. The summed E-state index contributed by atoms with van der Waals surface area (Å²) >= 11 is 5.21. The lowest BCUT2D eigenvalue weighted by molar-refractivity contribution is -0.110. The Balaban J connectivity index is 1.07. The first kappa shape index (κ1) is 44.3. The Hall–Kier alpha value is -8.88. The van der Waals surface area contributed by atoms with Gasteiger partial charge in [0, 0.05) is 22.3 Å². The number of benzene rings is 2. The van der Waals surface area contributed by atoms with Gasteiger partial charge in [-0.3, -0.25) is 9.59 Å². The van der Waals surface area contributed by atoms with Crippen LogP contribution in [0.1, 0.15) is 36.8 Å². The first-order chi connectivity index (χ1) is 35.2. The number of Topliss-reactive ketones (excluding diaryl/α,β-unsaturated/α-hetero) is 2. The van der Waals surface area contributed by atoms with Gasteiger partial charge in [-0.1, -0.05) is 85.0 Å². The molecule has 0 spiro atoms. The number of fused-ring (bicyclic) bond motifs is 11. The second-order valence-electron chi connectivity index (χ2n) is 16.7. The number of carbonyl (C=O) groups excluding carboxylic acids is 4. The van der Waals surface area contributed by atoms with Crippen LogP contribution in [0, 0.1) is 45.3 Å². The molecule has 0 N–H and O–H groups in total. The van der Waals surface area contributed by atoms with Gasteiger partial charge in [-0.25, -0.2) is 28.7 Å². The van der Waals surface area contributed by atoms with Gasteiger partial charge in [0.2, 0.25) is 11.6 Å². The maximum atomic E-state index is 14.6. The van der Waals surface area contributed by atoms with Crippen molar-refractivity contribution in [3.8, 4) is 24.3 Å². The molecule has 0 radical (unpaired) electrons. The number of nitrogens with zero attached hydrogens (tertiary/aromatic N) is 8. The lowest BCUT2D eigenvalue weighted by atomic mass is 9.96. The molecular weight excluding hydrogens is 985 g/mol. The van der Waals surface area contributed by atoms with Crippen molar-refractivity contribution in [3.05, 3.63) is 153 Å². The van der Waals surface area contributed by atoms with Crippen LogP contribution in [0.15, 0.2) is 152 Å². The largest absolute Gasteiger partial charge is 0.444 e. The minimum absolute atomic E-state index is 0.0243. The zero-order valence-electron chi connectivity index (χ0n) is 37.1. The first-order valence-corrected chi connectivity index (χ1v) is 25.6. The van der Waals surface area contributed by atoms with Crippen LogP contribution in [-0.4, -0.2) is 44.3 Å². The molecule has 0 amide bonds. The van der Waals surface area contributed by atoms with E-state index < -0.39 is 23.8 Å². The van der Waals surface area contributed by atoms with Crippen molar-refractivity contribution in [3.63, 3.8) is 0 Å². The van der Waals surface area contributed by atoms with Crippen LogP contribution in [-0.2, 0) is 32.3 Å². The van der Waals surface area contributed by atoms with E-state index in [0.29, 0.717) is 108 Å². The normalized spacial score (nSPS) is 16.4. The van der Waals surface area contributed by atoms with Crippen molar-refractivity contribution in [2.45, 2.75) is 38.9 Å². The molecule has 6 heterocycles. The molecule has 18 heteroatoms. The summed E-state index contributed by atoms with van der Waals surface area (Å²) in [6.45, 7) is -0.0647. The Morgan fingerprint density at radius 1 is 0.514 bits per heavy atom.